The topological polar surface area (TPSA) is 92.7 Å². The first-order valence-corrected chi connectivity index (χ1v) is 10.5. The lowest BCUT2D eigenvalue weighted by atomic mass is 9.91. The Kier molecular flexibility index (Phi) is 6.64. The first kappa shape index (κ1) is 20.6. The van der Waals surface area contributed by atoms with Crippen LogP contribution < -0.4 is 9.46 Å². The van der Waals surface area contributed by atoms with Gasteiger partial charge in [-0.15, -0.1) is 0 Å². The monoisotopic (exact) mass is 411 g/mol. The Morgan fingerprint density at radius 1 is 0.862 bits per heavy atom. The van der Waals surface area contributed by atoms with E-state index in [9.17, 15) is 13.2 Å². The molecule has 0 spiro atoms. The molecule has 7 heteroatoms. The summed E-state index contributed by atoms with van der Waals surface area (Å²) in [4.78, 5) is 10.9. The van der Waals surface area contributed by atoms with Crippen LogP contribution >= 0.6 is 0 Å². The van der Waals surface area contributed by atoms with Crippen LogP contribution in [0, 0.1) is 0 Å². The van der Waals surface area contributed by atoms with Gasteiger partial charge in [-0.1, -0.05) is 60.7 Å². The van der Waals surface area contributed by atoms with Gasteiger partial charge in [0, 0.05) is 12.5 Å². The molecular weight excluding hydrogens is 390 g/mol. The lowest BCUT2D eigenvalue weighted by molar-refractivity contribution is -0.139. The van der Waals surface area contributed by atoms with Gasteiger partial charge in [-0.25, -0.2) is 17.9 Å². The summed E-state index contributed by atoms with van der Waals surface area (Å²) in [7, 11) is -3.64. The van der Waals surface area contributed by atoms with Gasteiger partial charge in [0.1, 0.15) is 5.75 Å². The number of carboxylic acid groups (broad SMARTS) is 1. The van der Waals surface area contributed by atoms with Crippen molar-refractivity contribution in [3.63, 3.8) is 0 Å². The first-order valence-electron chi connectivity index (χ1n) is 9.00. The molecule has 0 radical (unpaired) electrons. The van der Waals surface area contributed by atoms with Crippen LogP contribution in [0.3, 0.4) is 0 Å². The smallest absolute Gasteiger partial charge is 0.341 e. The van der Waals surface area contributed by atoms with Crippen LogP contribution in [0.15, 0.2) is 89.8 Å². The van der Waals surface area contributed by atoms with Crippen LogP contribution in [0.5, 0.6) is 5.75 Å². The van der Waals surface area contributed by atoms with E-state index in [0.717, 1.165) is 11.1 Å². The minimum absolute atomic E-state index is 0.177. The van der Waals surface area contributed by atoms with Crippen molar-refractivity contribution >= 4 is 16.0 Å². The van der Waals surface area contributed by atoms with Crippen molar-refractivity contribution in [3.8, 4) is 5.75 Å². The Hall–Kier alpha value is -3.16. The second kappa shape index (κ2) is 9.36. The third-order valence-electron chi connectivity index (χ3n) is 4.38. The molecule has 1 unspecified atom stereocenters. The molecule has 0 saturated carbocycles. The Labute approximate surface area is 169 Å². The van der Waals surface area contributed by atoms with Crippen molar-refractivity contribution in [1.29, 1.82) is 0 Å². The summed E-state index contributed by atoms with van der Waals surface area (Å²) in [6.45, 7) is -0.241. The minimum Gasteiger partial charge on any atom is -0.482 e. The van der Waals surface area contributed by atoms with Gasteiger partial charge < -0.3 is 9.84 Å². The van der Waals surface area contributed by atoms with E-state index in [1.54, 1.807) is 42.5 Å². The molecule has 150 valence electrons. The first-order chi connectivity index (χ1) is 14.0. The molecule has 29 heavy (non-hydrogen) atoms. The van der Waals surface area contributed by atoms with Gasteiger partial charge in [-0.3, -0.25) is 0 Å². The SMILES string of the molecule is O=C(O)COc1ccc(C(CNS(=O)(=O)c2ccccc2)c2ccccc2)cc1. The van der Waals surface area contributed by atoms with E-state index in [4.69, 9.17) is 9.84 Å². The lowest BCUT2D eigenvalue weighted by Gasteiger charge is -2.19. The third-order valence-corrected chi connectivity index (χ3v) is 5.82. The fourth-order valence-corrected chi connectivity index (χ4v) is 4.00. The fourth-order valence-electron chi connectivity index (χ4n) is 2.93. The fraction of sp³-hybridized carbons (Fsp3) is 0.136. The summed E-state index contributed by atoms with van der Waals surface area (Å²) in [5.74, 6) is -0.831. The average Bonchev–Trinajstić information content (AvgIpc) is 2.74. The third kappa shape index (κ3) is 5.66. The summed E-state index contributed by atoms with van der Waals surface area (Å²) in [5, 5.41) is 8.72. The van der Waals surface area contributed by atoms with Crippen molar-refractivity contribution in [2.24, 2.45) is 0 Å². The highest BCUT2D eigenvalue weighted by molar-refractivity contribution is 7.89. The van der Waals surface area contributed by atoms with Gasteiger partial charge in [0.05, 0.1) is 4.90 Å². The summed E-state index contributed by atoms with van der Waals surface area (Å²) >= 11 is 0. The van der Waals surface area contributed by atoms with E-state index >= 15 is 0 Å². The van der Waals surface area contributed by atoms with Crippen molar-refractivity contribution < 1.29 is 23.1 Å². The largest absolute Gasteiger partial charge is 0.482 e. The Balaban J connectivity index is 1.81. The zero-order chi connectivity index (χ0) is 20.7. The molecule has 0 heterocycles. The Morgan fingerprint density at radius 3 is 2.00 bits per heavy atom. The maximum atomic E-state index is 12.6. The molecule has 2 N–H and O–H groups in total. The molecule has 1 atom stereocenters. The lowest BCUT2D eigenvalue weighted by Crippen LogP contribution is -2.29. The summed E-state index contributed by atoms with van der Waals surface area (Å²) < 4.78 is 33.1. The number of carboxylic acids is 1. The molecule has 0 saturated heterocycles. The Morgan fingerprint density at radius 2 is 1.41 bits per heavy atom. The molecule has 0 amide bonds. The molecule has 3 aromatic carbocycles. The van der Waals surface area contributed by atoms with Crippen LogP contribution in [-0.2, 0) is 14.8 Å². The normalized spacial score (nSPS) is 12.3. The molecule has 0 aliphatic rings. The number of hydrogen-bond acceptors (Lipinski definition) is 4. The maximum absolute atomic E-state index is 12.6. The maximum Gasteiger partial charge on any atom is 0.341 e. The van der Waals surface area contributed by atoms with Crippen LogP contribution in [0.1, 0.15) is 17.0 Å². The van der Waals surface area contributed by atoms with E-state index in [1.807, 2.05) is 42.5 Å². The highest BCUT2D eigenvalue weighted by atomic mass is 32.2. The predicted octanol–water partition coefficient (Wildman–Crippen LogP) is 3.26. The number of benzene rings is 3. The van der Waals surface area contributed by atoms with E-state index in [2.05, 4.69) is 4.72 Å². The number of ether oxygens (including phenoxy) is 1. The standard InChI is InChI=1S/C22H21NO5S/c24-22(25)16-28-19-13-11-18(12-14-19)21(17-7-3-1-4-8-17)15-23-29(26,27)20-9-5-2-6-10-20/h1-14,21,23H,15-16H2,(H,24,25). The second-order valence-corrected chi connectivity index (χ2v) is 8.15. The van der Waals surface area contributed by atoms with E-state index in [0.29, 0.717) is 5.75 Å². The average molecular weight is 411 g/mol. The molecule has 3 aromatic rings. The van der Waals surface area contributed by atoms with E-state index in [1.165, 1.54) is 0 Å². The zero-order valence-electron chi connectivity index (χ0n) is 15.6. The van der Waals surface area contributed by atoms with Gasteiger partial charge in [-0.2, -0.15) is 0 Å². The number of sulfonamides is 1. The van der Waals surface area contributed by atoms with Gasteiger partial charge >= 0.3 is 5.97 Å². The van der Waals surface area contributed by atoms with Crippen LogP contribution in [0.25, 0.3) is 0 Å². The van der Waals surface area contributed by atoms with Gasteiger partial charge in [-0.05, 0) is 35.4 Å². The summed E-state index contributed by atoms with van der Waals surface area (Å²) in [6, 6.07) is 24.8. The Bertz CT molecular complexity index is 1040. The van der Waals surface area contributed by atoms with Gasteiger partial charge in [0.15, 0.2) is 6.61 Å². The number of aliphatic carboxylic acids is 1. The molecular formula is C22H21NO5S. The second-order valence-electron chi connectivity index (χ2n) is 6.38. The molecule has 0 aromatic heterocycles. The van der Waals surface area contributed by atoms with Gasteiger partial charge in [0.25, 0.3) is 0 Å². The predicted molar refractivity (Wildman–Crippen MR) is 109 cm³/mol. The van der Waals surface area contributed by atoms with Crippen molar-refractivity contribution in [2.45, 2.75) is 10.8 Å². The molecule has 0 aliphatic heterocycles. The van der Waals surface area contributed by atoms with Crippen molar-refractivity contribution in [3.05, 3.63) is 96.1 Å². The van der Waals surface area contributed by atoms with Crippen LogP contribution in [-0.4, -0.2) is 32.6 Å². The highest BCUT2D eigenvalue weighted by Crippen LogP contribution is 2.26. The zero-order valence-corrected chi connectivity index (χ0v) is 16.4. The number of hydrogen-bond donors (Lipinski definition) is 2. The minimum atomic E-state index is -3.64. The molecule has 0 aliphatic carbocycles. The number of carbonyl (C=O) groups is 1. The highest BCUT2D eigenvalue weighted by Gasteiger charge is 2.19. The molecule has 6 nitrogen and oxygen atoms in total. The molecule has 0 fully saturated rings. The van der Waals surface area contributed by atoms with E-state index < -0.39 is 22.6 Å². The summed E-state index contributed by atoms with van der Waals surface area (Å²) in [5.41, 5.74) is 1.84. The van der Waals surface area contributed by atoms with Crippen molar-refractivity contribution in [2.75, 3.05) is 13.2 Å². The summed E-state index contributed by atoms with van der Waals surface area (Å²) in [6.07, 6.45) is 0. The van der Waals surface area contributed by atoms with Crippen LogP contribution in [0.4, 0.5) is 0 Å². The van der Waals surface area contributed by atoms with Crippen LogP contribution in [0.2, 0.25) is 0 Å². The molecule has 3 rings (SSSR count). The van der Waals surface area contributed by atoms with E-state index in [-0.39, 0.29) is 17.4 Å². The van der Waals surface area contributed by atoms with Gasteiger partial charge in [0.2, 0.25) is 10.0 Å². The number of nitrogens with one attached hydrogen (secondary N) is 1. The molecule has 0 bridgehead atoms. The number of rotatable bonds is 9. The van der Waals surface area contributed by atoms with Crippen molar-refractivity contribution in [1.82, 2.24) is 4.72 Å². The quantitative estimate of drug-likeness (QED) is 0.564.